The number of hydrogen-bond donors (Lipinski definition) is 1. The Balaban J connectivity index is 2.66. The summed E-state index contributed by atoms with van der Waals surface area (Å²) in [6, 6.07) is 0. The van der Waals surface area contributed by atoms with Crippen LogP contribution < -0.4 is 0 Å². The number of allylic oxidation sites excluding steroid dienone is 1. The fourth-order valence-electron chi connectivity index (χ4n) is 0.201. The Kier molecular flexibility index (Phi) is 3.98. The van der Waals surface area contributed by atoms with E-state index in [9.17, 15) is 0 Å². The summed E-state index contributed by atoms with van der Waals surface area (Å²) in [4.78, 5) is 0. The zero-order valence-corrected chi connectivity index (χ0v) is 3.78. The van der Waals surface area contributed by atoms with E-state index in [1.54, 1.807) is 0 Å². The van der Waals surface area contributed by atoms with Crippen LogP contribution >= 0.6 is 0 Å². The normalized spacial score (nSPS) is 7.33. The zero-order chi connectivity index (χ0) is 4.83. The quantitative estimate of drug-likeness (QED) is 0.304. The molecule has 1 heteroatoms. The van der Waals surface area contributed by atoms with Crippen LogP contribution in [-0.2, 0) is 0 Å². The molecule has 0 heterocycles. The molecule has 6 heavy (non-hydrogen) atoms. The minimum Gasteiger partial charge on any atom is -0.313 e. The summed E-state index contributed by atoms with van der Waals surface area (Å²) in [5.74, 6) is 0. The fourth-order valence-corrected chi connectivity index (χ4v) is 0.201. The highest BCUT2D eigenvalue weighted by atomic mass is 14.3. The second-order valence-corrected chi connectivity index (χ2v) is 1.07. The van der Waals surface area contributed by atoms with Gasteiger partial charge in [-0.2, -0.15) is 0 Å². The van der Waals surface area contributed by atoms with E-state index in [4.69, 9.17) is 5.41 Å². The molecule has 0 radical (unpaired) electrons. The molecule has 0 aliphatic carbocycles. The average molecular weight is 83.1 g/mol. The van der Waals surface area contributed by atoms with Crippen molar-refractivity contribution in [1.29, 1.82) is 5.41 Å². The molecule has 0 aliphatic rings. The van der Waals surface area contributed by atoms with Crippen molar-refractivity contribution in [2.75, 3.05) is 0 Å². The van der Waals surface area contributed by atoms with Crippen molar-refractivity contribution < 1.29 is 0 Å². The second-order valence-electron chi connectivity index (χ2n) is 1.07. The summed E-state index contributed by atoms with van der Waals surface area (Å²) < 4.78 is 0. The van der Waals surface area contributed by atoms with Gasteiger partial charge >= 0.3 is 0 Å². The van der Waals surface area contributed by atoms with Gasteiger partial charge in [0.1, 0.15) is 0 Å². The maximum atomic E-state index is 6.53. The molecule has 0 aromatic rings. The van der Waals surface area contributed by atoms with Crippen LogP contribution in [0.2, 0.25) is 0 Å². The minimum absolute atomic E-state index is 0.837. The summed E-state index contributed by atoms with van der Waals surface area (Å²) in [6.45, 7) is 3.49. The van der Waals surface area contributed by atoms with Gasteiger partial charge in [-0.15, -0.1) is 6.58 Å². The first kappa shape index (κ1) is 5.41. The Morgan fingerprint density at radius 3 is 2.33 bits per heavy atom. The molecular weight excluding hydrogens is 74.1 g/mol. The van der Waals surface area contributed by atoms with Crippen LogP contribution in [0, 0.1) is 5.41 Å². The first-order valence-electron chi connectivity index (χ1n) is 2.01. The smallest absolute Gasteiger partial charge is 0.00447 e. The van der Waals surface area contributed by atoms with E-state index >= 15 is 0 Å². The Morgan fingerprint density at radius 1 is 1.50 bits per heavy atom. The molecule has 0 amide bonds. The maximum absolute atomic E-state index is 6.53. The third-order valence-electron chi connectivity index (χ3n) is 0.515. The third kappa shape index (κ3) is 3.41. The molecule has 0 saturated carbocycles. The molecule has 34 valence electrons. The Labute approximate surface area is 38.2 Å². The van der Waals surface area contributed by atoms with Crippen LogP contribution in [0.5, 0.6) is 0 Å². The van der Waals surface area contributed by atoms with E-state index in [0.29, 0.717) is 0 Å². The lowest BCUT2D eigenvalue weighted by molar-refractivity contribution is 1.11. The van der Waals surface area contributed by atoms with Gasteiger partial charge in [0.25, 0.3) is 0 Å². The summed E-state index contributed by atoms with van der Waals surface area (Å²) in [5.41, 5.74) is 0. The van der Waals surface area contributed by atoms with Crippen LogP contribution in [0.25, 0.3) is 0 Å². The summed E-state index contributed by atoms with van der Waals surface area (Å²) in [5, 5.41) is 6.53. The van der Waals surface area contributed by atoms with Gasteiger partial charge in [0.2, 0.25) is 0 Å². The molecule has 0 aromatic heterocycles. The molecular formula is C5H9N. The predicted molar refractivity (Wildman–Crippen MR) is 28.2 cm³/mol. The number of unbranched alkanes of at least 4 members (excludes halogenated alkanes) is 1. The lowest BCUT2D eigenvalue weighted by Crippen LogP contribution is -1.65. The monoisotopic (exact) mass is 83.1 g/mol. The Bertz CT molecular complexity index is 39.9. The van der Waals surface area contributed by atoms with Crippen molar-refractivity contribution in [1.82, 2.24) is 0 Å². The van der Waals surface area contributed by atoms with E-state index in [-0.39, 0.29) is 0 Å². The molecule has 0 rings (SSSR count). The van der Waals surface area contributed by atoms with Crippen LogP contribution in [0.15, 0.2) is 12.7 Å². The van der Waals surface area contributed by atoms with Crippen molar-refractivity contribution in [2.45, 2.75) is 12.8 Å². The molecule has 0 spiro atoms. The van der Waals surface area contributed by atoms with Crippen LogP contribution in [-0.4, -0.2) is 6.21 Å². The topological polar surface area (TPSA) is 23.9 Å². The first-order valence-corrected chi connectivity index (χ1v) is 2.01. The van der Waals surface area contributed by atoms with Crippen molar-refractivity contribution in [3.8, 4) is 0 Å². The lowest BCUT2D eigenvalue weighted by Gasteiger charge is -1.75. The second kappa shape index (κ2) is 4.41. The number of rotatable bonds is 3. The van der Waals surface area contributed by atoms with Crippen molar-refractivity contribution in [3.63, 3.8) is 0 Å². The predicted octanol–water partition coefficient (Wildman–Crippen LogP) is 1.60. The largest absolute Gasteiger partial charge is 0.313 e. The number of nitrogens with one attached hydrogen (secondary N) is 1. The zero-order valence-electron chi connectivity index (χ0n) is 3.78. The summed E-state index contributed by atoms with van der Waals surface area (Å²) in [6.07, 6.45) is 4.97. The standard InChI is InChI=1S/C5H9N/c1-2-3-4-5-6/h2,5-6H,1,3-4H2. The SMILES string of the molecule is C=CCCC=N. The van der Waals surface area contributed by atoms with Gasteiger partial charge in [-0.1, -0.05) is 6.08 Å². The van der Waals surface area contributed by atoms with Crippen LogP contribution in [0.1, 0.15) is 12.8 Å². The summed E-state index contributed by atoms with van der Waals surface area (Å²) >= 11 is 0. The van der Waals surface area contributed by atoms with Crippen LogP contribution in [0.4, 0.5) is 0 Å². The molecule has 0 saturated heterocycles. The molecule has 0 aliphatic heterocycles. The minimum atomic E-state index is 0.837. The highest BCUT2D eigenvalue weighted by molar-refractivity contribution is 5.52. The van der Waals surface area contributed by atoms with Gasteiger partial charge in [0, 0.05) is 0 Å². The van der Waals surface area contributed by atoms with Crippen molar-refractivity contribution >= 4 is 6.21 Å². The fraction of sp³-hybridized carbons (Fsp3) is 0.400. The highest BCUT2D eigenvalue weighted by Crippen LogP contribution is 1.80. The van der Waals surface area contributed by atoms with Crippen LogP contribution in [0.3, 0.4) is 0 Å². The van der Waals surface area contributed by atoms with Gasteiger partial charge in [0.05, 0.1) is 0 Å². The molecule has 1 nitrogen and oxygen atoms in total. The molecule has 0 unspecified atom stereocenters. The number of hydrogen-bond acceptors (Lipinski definition) is 1. The Hall–Kier alpha value is -0.590. The summed E-state index contributed by atoms with van der Waals surface area (Å²) in [7, 11) is 0. The molecule has 1 N–H and O–H groups in total. The molecule has 0 bridgehead atoms. The van der Waals surface area contributed by atoms with E-state index < -0.39 is 0 Å². The Morgan fingerprint density at radius 2 is 2.17 bits per heavy atom. The van der Waals surface area contributed by atoms with Gasteiger partial charge in [-0.05, 0) is 19.1 Å². The molecule has 0 aromatic carbocycles. The maximum Gasteiger partial charge on any atom is -0.00447 e. The van der Waals surface area contributed by atoms with Crippen molar-refractivity contribution in [3.05, 3.63) is 12.7 Å². The highest BCUT2D eigenvalue weighted by Gasteiger charge is 1.67. The van der Waals surface area contributed by atoms with Gasteiger partial charge in [0.15, 0.2) is 0 Å². The molecule has 0 fully saturated rings. The van der Waals surface area contributed by atoms with Gasteiger partial charge < -0.3 is 5.41 Å². The average Bonchev–Trinajstić information content (AvgIpc) is 1.61. The third-order valence-corrected chi connectivity index (χ3v) is 0.515. The van der Waals surface area contributed by atoms with Crippen molar-refractivity contribution in [2.24, 2.45) is 0 Å². The van der Waals surface area contributed by atoms with E-state index in [1.807, 2.05) is 6.08 Å². The first-order chi connectivity index (χ1) is 2.91. The lowest BCUT2D eigenvalue weighted by atomic mass is 10.3. The van der Waals surface area contributed by atoms with Gasteiger partial charge in [-0.3, -0.25) is 0 Å². The van der Waals surface area contributed by atoms with E-state index in [1.165, 1.54) is 6.21 Å². The van der Waals surface area contributed by atoms with Gasteiger partial charge in [-0.25, -0.2) is 0 Å². The molecule has 0 atom stereocenters. The van der Waals surface area contributed by atoms with E-state index in [2.05, 4.69) is 6.58 Å². The van der Waals surface area contributed by atoms with E-state index in [0.717, 1.165) is 12.8 Å².